The molecule has 2 aromatic carbocycles. The number of thiophene rings is 3. The Bertz CT molecular complexity index is 2960. The smallest absolute Gasteiger partial charge is 0.270 e. The van der Waals surface area contributed by atoms with E-state index in [0.29, 0.717) is 9.75 Å². The molecule has 0 aliphatic heterocycles. The van der Waals surface area contributed by atoms with Crippen LogP contribution in [0.5, 0.6) is 0 Å². The molecule has 0 N–H and O–H groups in total. The summed E-state index contributed by atoms with van der Waals surface area (Å²) in [5.41, 5.74) is 0.895. The number of Topliss-reactive ketones (excluding diaryl/α,β-unsaturated/α-hetero) is 2. The molecule has 0 bridgehead atoms. The molecule has 55 heavy (non-hydrogen) atoms. The number of benzene rings is 2. The molecule has 0 saturated heterocycles. The molecule has 3 heterocycles. The van der Waals surface area contributed by atoms with Crippen molar-refractivity contribution < 1.29 is 27.2 Å². The van der Waals surface area contributed by atoms with Crippen LogP contribution >= 0.6 is 34.0 Å². The maximum atomic E-state index is 14.4. The van der Waals surface area contributed by atoms with Crippen LogP contribution in [0.1, 0.15) is 84.8 Å². The summed E-state index contributed by atoms with van der Waals surface area (Å²) in [6.07, 6.45) is 7.91. The third-order valence-corrected chi connectivity index (χ3v) is 14.3. The minimum atomic E-state index is -1.20. The van der Waals surface area contributed by atoms with Gasteiger partial charge in [-0.1, -0.05) is 19.3 Å². The first kappa shape index (κ1) is 34.5. The molecule has 264 valence electrons. The fourth-order valence-electron chi connectivity index (χ4n) is 8.42. The van der Waals surface area contributed by atoms with Crippen molar-refractivity contribution in [2.24, 2.45) is 0 Å². The number of nitriles is 2. The van der Waals surface area contributed by atoms with Crippen molar-refractivity contribution in [3.63, 3.8) is 0 Å². The van der Waals surface area contributed by atoms with Crippen LogP contribution in [0.25, 0.3) is 52.1 Å². The molecule has 0 amide bonds. The van der Waals surface area contributed by atoms with Gasteiger partial charge in [-0.25, -0.2) is 37.8 Å². The van der Waals surface area contributed by atoms with E-state index in [4.69, 9.17) is 13.1 Å². The fraction of sp³-hybridized carbons (Fsp3) is 0.143. The second-order valence-corrected chi connectivity index (χ2v) is 16.7. The van der Waals surface area contributed by atoms with Crippen LogP contribution in [-0.4, -0.2) is 11.6 Å². The number of hydrogen-bond acceptors (Lipinski definition) is 7. The molecule has 0 radical (unpaired) electrons. The summed E-state index contributed by atoms with van der Waals surface area (Å²) in [7, 11) is 0. The van der Waals surface area contributed by atoms with Crippen LogP contribution in [0.4, 0.5) is 17.6 Å². The van der Waals surface area contributed by atoms with Gasteiger partial charge < -0.3 is 0 Å². The quantitative estimate of drug-likeness (QED) is 0.0772. The van der Waals surface area contributed by atoms with Gasteiger partial charge in [0.2, 0.25) is 0 Å². The minimum Gasteiger partial charge on any atom is -0.289 e. The molecule has 0 unspecified atom stereocenters. The minimum absolute atomic E-state index is 0.00128. The van der Waals surface area contributed by atoms with Crippen molar-refractivity contribution in [3.05, 3.63) is 148 Å². The van der Waals surface area contributed by atoms with Gasteiger partial charge in [-0.3, -0.25) is 9.59 Å². The molecule has 1 fully saturated rings. The summed E-state index contributed by atoms with van der Waals surface area (Å²) in [6.45, 7) is 15.1. The van der Waals surface area contributed by atoms with Gasteiger partial charge in [0.1, 0.15) is 0 Å². The average molecular weight is 783 g/mol. The molecular weight excluding hydrogens is 765 g/mol. The van der Waals surface area contributed by atoms with Gasteiger partial charge in [-0.2, -0.15) is 0 Å². The van der Waals surface area contributed by atoms with Gasteiger partial charge in [-0.05, 0) is 78.1 Å². The second kappa shape index (κ2) is 12.4. The van der Waals surface area contributed by atoms with Crippen LogP contribution in [0.15, 0.2) is 58.9 Å². The zero-order valence-electron chi connectivity index (χ0n) is 28.0. The number of carbonyl (C=O) groups excluding carboxylic acids is 2. The number of halogens is 4. The lowest BCUT2D eigenvalue weighted by Gasteiger charge is -2.35. The molecular formula is C42H18F4N4O2S3. The van der Waals surface area contributed by atoms with Gasteiger partial charge >= 0.3 is 0 Å². The lowest BCUT2D eigenvalue weighted by atomic mass is 9.68. The van der Waals surface area contributed by atoms with Crippen molar-refractivity contribution in [2.45, 2.75) is 37.5 Å². The average Bonchev–Trinajstić information content (AvgIpc) is 3.99. The SMILES string of the molecule is [C-]#[N+]/C(C#N)=C1\C(=C\c2cc3sc4c(c3s2)C2(CCCCC2)c2cc(/C=C3\C(=O)c5cc(F)c(F)cc5\C3=C(\C#N)[N+]#[C-])sc2-4)C(=O)c2cc(F)c(F)cc21. The number of fused-ring (bicyclic) bond motifs is 9. The number of rotatable bonds is 2. The topological polar surface area (TPSA) is 90.4 Å². The van der Waals surface area contributed by atoms with Crippen LogP contribution in [0, 0.1) is 59.1 Å². The molecule has 1 spiro atoms. The number of allylic oxidation sites excluding steroid dienone is 6. The van der Waals surface area contributed by atoms with Crippen LogP contribution in [0.3, 0.4) is 0 Å². The van der Waals surface area contributed by atoms with Crippen molar-refractivity contribution in [1.82, 2.24) is 0 Å². The van der Waals surface area contributed by atoms with E-state index in [1.165, 1.54) is 28.2 Å². The molecule has 5 aromatic rings. The Morgan fingerprint density at radius 3 is 1.65 bits per heavy atom. The first-order valence-electron chi connectivity index (χ1n) is 16.8. The molecule has 1 saturated carbocycles. The number of carbonyl (C=O) groups is 2. The Morgan fingerprint density at radius 1 is 0.673 bits per heavy atom. The zero-order chi connectivity index (χ0) is 38.5. The zero-order valence-corrected chi connectivity index (χ0v) is 30.4. The Hall–Kier alpha value is -6.22. The van der Waals surface area contributed by atoms with E-state index in [9.17, 15) is 37.7 Å². The summed E-state index contributed by atoms with van der Waals surface area (Å²) < 4.78 is 59.2. The molecule has 4 aliphatic carbocycles. The maximum Gasteiger partial charge on any atom is 0.270 e. The summed E-state index contributed by atoms with van der Waals surface area (Å²) >= 11 is 4.50. The summed E-state index contributed by atoms with van der Waals surface area (Å²) in [6, 6.07) is 10.9. The van der Waals surface area contributed by atoms with Gasteiger partial charge in [0.05, 0.1) is 34.9 Å². The van der Waals surface area contributed by atoms with Gasteiger partial charge in [0.25, 0.3) is 11.4 Å². The number of ketones is 2. The highest BCUT2D eigenvalue weighted by molar-refractivity contribution is 7.32. The summed E-state index contributed by atoms with van der Waals surface area (Å²) in [4.78, 5) is 37.3. The van der Waals surface area contributed by atoms with Gasteiger partial charge in [0.15, 0.2) is 34.8 Å². The van der Waals surface area contributed by atoms with E-state index in [2.05, 4.69) is 9.69 Å². The molecule has 4 aliphatic rings. The highest BCUT2D eigenvalue weighted by Crippen LogP contribution is 2.64. The van der Waals surface area contributed by atoms with Gasteiger partial charge in [0, 0.05) is 63.7 Å². The van der Waals surface area contributed by atoms with Crippen LogP contribution in [0.2, 0.25) is 0 Å². The highest BCUT2D eigenvalue weighted by atomic mass is 32.1. The van der Waals surface area contributed by atoms with E-state index in [1.807, 2.05) is 18.2 Å². The molecule has 9 rings (SSSR count). The van der Waals surface area contributed by atoms with Crippen LogP contribution < -0.4 is 0 Å². The predicted octanol–water partition coefficient (Wildman–Crippen LogP) is 11.7. The molecule has 6 nitrogen and oxygen atoms in total. The van der Waals surface area contributed by atoms with Crippen molar-refractivity contribution >= 4 is 78.3 Å². The summed E-state index contributed by atoms with van der Waals surface area (Å²) in [5.74, 6) is -6.00. The number of nitrogens with zero attached hydrogens (tertiary/aromatic N) is 4. The van der Waals surface area contributed by atoms with Gasteiger partial charge in [-0.15, -0.1) is 34.0 Å². The summed E-state index contributed by atoms with van der Waals surface area (Å²) in [5, 5.41) is 19.5. The van der Waals surface area contributed by atoms with Crippen molar-refractivity contribution in [1.29, 1.82) is 10.5 Å². The van der Waals surface area contributed by atoms with Crippen LogP contribution in [-0.2, 0) is 5.41 Å². The first-order valence-corrected chi connectivity index (χ1v) is 19.3. The van der Waals surface area contributed by atoms with E-state index < -0.39 is 46.2 Å². The van der Waals surface area contributed by atoms with E-state index in [0.717, 1.165) is 81.1 Å². The normalized spacial score (nSPS) is 19.6. The molecule has 13 heteroatoms. The Labute approximate surface area is 322 Å². The van der Waals surface area contributed by atoms with E-state index in [1.54, 1.807) is 29.6 Å². The van der Waals surface area contributed by atoms with Crippen molar-refractivity contribution in [2.75, 3.05) is 0 Å². The Balaban J connectivity index is 1.18. The lowest BCUT2D eigenvalue weighted by molar-refractivity contribution is 0.103. The first-order chi connectivity index (χ1) is 26.5. The molecule has 3 aromatic heterocycles. The van der Waals surface area contributed by atoms with E-state index in [-0.39, 0.29) is 50.0 Å². The molecule has 0 atom stereocenters. The standard InChI is InChI=1S/C42H18F4N4O2S3/c1-49-31(16-47)34-20-12-27(43)29(45)14-22(20)37(51)24(34)8-18-10-26-39(53-18)41-36(42(26)6-4-3-5-7-42)40-33(55-41)11-19(54-40)9-25-35(32(17-48)50-2)21-13-28(44)30(46)15-23(21)38(25)52/h8-15H,3-7H2/b24-8-,25-9-,34-31+,35-32-. The number of hydrogen-bond donors (Lipinski definition) is 0. The monoisotopic (exact) mass is 782 g/mol. The van der Waals surface area contributed by atoms with E-state index >= 15 is 0 Å². The van der Waals surface area contributed by atoms with Crippen molar-refractivity contribution in [3.8, 4) is 21.9 Å². The maximum absolute atomic E-state index is 14.4. The Morgan fingerprint density at radius 2 is 1.16 bits per heavy atom. The third-order valence-electron chi connectivity index (χ3n) is 10.7. The largest absolute Gasteiger partial charge is 0.289 e. The Kier molecular flexibility index (Phi) is 7.80. The predicted molar refractivity (Wildman–Crippen MR) is 202 cm³/mol. The fourth-order valence-corrected chi connectivity index (χ4v) is 12.6. The third kappa shape index (κ3) is 4.84. The lowest BCUT2D eigenvalue weighted by Crippen LogP contribution is -2.27. The second-order valence-electron chi connectivity index (χ2n) is 13.5. The highest BCUT2D eigenvalue weighted by Gasteiger charge is 2.48.